The molecule has 71 heavy (non-hydrogen) atoms. The Morgan fingerprint density at radius 2 is 0.563 bits per heavy atom. The van der Waals surface area contributed by atoms with E-state index in [0.29, 0.717) is 0 Å². The van der Waals surface area contributed by atoms with Gasteiger partial charge < -0.3 is 14.7 Å². The molecule has 0 atom stereocenters. The third-order valence-corrected chi connectivity index (χ3v) is 15.7. The van der Waals surface area contributed by atoms with Crippen molar-refractivity contribution in [1.82, 2.24) is 0 Å². The molecule has 2 aromatic heterocycles. The van der Waals surface area contributed by atoms with E-state index in [1.807, 2.05) is 22.7 Å². The van der Waals surface area contributed by atoms with Gasteiger partial charge in [-0.25, -0.2) is 0 Å². The Labute approximate surface area is 421 Å². The van der Waals surface area contributed by atoms with Gasteiger partial charge in [-0.1, -0.05) is 146 Å². The van der Waals surface area contributed by atoms with Crippen molar-refractivity contribution >= 4 is 114 Å². The topological polar surface area (TPSA) is 9.72 Å². The zero-order valence-corrected chi connectivity index (χ0v) is 40.3. The van der Waals surface area contributed by atoms with Crippen LogP contribution in [0.5, 0.6) is 0 Å². The molecule has 13 rings (SSSR count). The van der Waals surface area contributed by atoms with Crippen LogP contribution in [0.15, 0.2) is 273 Å². The van der Waals surface area contributed by atoms with E-state index in [4.69, 9.17) is 0 Å². The number of hydrogen-bond donors (Lipinski definition) is 0. The van der Waals surface area contributed by atoms with Gasteiger partial charge in [0.2, 0.25) is 0 Å². The number of nitrogens with zero attached hydrogens (tertiary/aromatic N) is 3. The van der Waals surface area contributed by atoms with Gasteiger partial charge in [-0.15, -0.1) is 22.7 Å². The van der Waals surface area contributed by atoms with Gasteiger partial charge in [-0.05, 0) is 150 Å². The lowest BCUT2D eigenvalue weighted by atomic mass is 10.00. The van der Waals surface area contributed by atoms with Crippen LogP contribution in [0.25, 0.3) is 62.6 Å². The van der Waals surface area contributed by atoms with Crippen LogP contribution in [0.2, 0.25) is 0 Å². The molecule has 5 heteroatoms. The van der Waals surface area contributed by atoms with Crippen LogP contribution in [-0.2, 0) is 0 Å². The number of para-hydroxylation sites is 4. The molecular weight excluding hydrogens is 899 g/mol. The Morgan fingerprint density at radius 1 is 0.183 bits per heavy atom. The minimum atomic E-state index is 1.07. The molecule has 0 aliphatic rings. The van der Waals surface area contributed by atoms with Crippen molar-refractivity contribution < 1.29 is 0 Å². The van der Waals surface area contributed by atoms with Crippen LogP contribution in [0.1, 0.15) is 0 Å². The highest BCUT2D eigenvalue weighted by Crippen LogP contribution is 2.47. The Balaban J connectivity index is 0.958. The minimum absolute atomic E-state index is 1.07. The average molecular weight is 944 g/mol. The molecule has 0 saturated heterocycles. The fraction of sp³-hybridized carbons (Fsp3) is 0. The highest BCUT2D eigenvalue weighted by Gasteiger charge is 2.21. The summed E-state index contributed by atoms with van der Waals surface area (Å²) in [7, 11) is 0. The maximum Gasteiger partial charge on any atom is 0.0488 e. The van der Waals surface area contributed by atoms with E-state index in [1.165, 1.54) is 51.5 Å². The summed E-state index contributed by atoms with van der Waals surface area (Å²) in [5.74, 6) is 0. The van der Waals surface area contributed by atoms with E-state index in [9.17, 15) is 0 Å². The van der Waals surface area contributed by atoms with Gasteiger partial charge in [-0.3, -0.25) is 0 Å². The normalized spacial score (nSPS) is 11.4. The Kier molecular flexibility index (Phi) is 10.9. The largest absolute Gasteiger partial charge is 0.310 e. The minimum Gasteiger partial charge on any atom is -0.310 e. The lowest BCUT2D eigenvalue weighted by Crippen LogP contribution is -2.13. The van der Waals surface area contributed by atoms with E-state index >= 15 is 0 Å². The Morgan fingerprint density at radius 3 is 1.15 bits per heavy atom. The molecule has 13 aromatic rings. The molecule has 336 valence electrons. The van der Waals surface area contributed by atoms with E-state index < -0.39 is 0 Å². The summed E-state index contributed by atoms with van der Waals surface area (Å²) >= 11 is 3.71. The summed E-state index contributed by atoms with van der Waals surface area (Å²) < 4.78 is 5.11. The maximum atomic E-state index is 2.42. The van der Waals surface area contributed by atoms with Crippen LogP contribution >= 0.6 is 22.7 Å². The van der Waals surface area contributed by atoms with Crippen molar-refractivity contribution in [2.75, 3.05) is 14.7 Å². The molecular formula is C66H45N3S2. The number of hydrogen-bond acceptors (Lipinski definition) is 5. The van der Waals surface area contributed by atoms with Crippen molar-refractivity contribution in [2.45, 2.75) is 0 Å². The zero-order valence-electron chi connectivity index (χ0n) is 38.6. The van der Waals surface area contributed by atoms with E-state index in [1.54, 1.807) is 0 Å². The second-order valence-electron chi connectivity index (χ2n) is 17.8. The first-order valence-corrected chi connectivity index (χ1v) is 25.6. The SMILES string of the molecule is c1ccc(-c2ccc(N(c3ccc4c(c3)sc3ccc(-c5cc(N(c6ccccc6)c6ccccc6)cc(N(c6ccccc6)c6ccccc6)c5)cc34)c3ccc4sc5ccccc5c4c3)cc2)cc1. The smallest absolute Gasteiger partial charge is 0.0488 e. The second-order valence-corrected chi connectivity index (χ2v) is 19.9. The van der Waals surface area contributed by atoms with Gasteiger partial charge in [0.1, 0.15) is 0 Å². The summed E-state index contributed by atoms with van der Waals surface area (Å²) in [6.45, 7) is 0. The van der Waals surface area contributed by atoms with Gasteiger partial charge in [0.15, 0.2) is 0 Å². The lowest BCUT2D eigenvalue weighted by molar-refractivity contribution is 1.25. The van der Waals surface area contributed by atoms with Crippen LogP contribution in [0.4, 0.5) is 51.2 Å². The molecule has 2 heterocycles. The zero-order chi connectivity index (χ0) is 47.1. The van der Waals surface area contributed by atoms with Crippen molar-refractivity contribution in [2.24, 2.45) is 0 Å². The second kappa shape index (κ2) is 18.3. The fourth-order valence-electron chi connectivity index (χ4n) is 10.0. The van der Waals surface area contributed by atoms with Gasteiger partial charge in [0.25, 0.3) is 0 Å². The van der Waals surface area contributed by atoms with E-state index in [-0.39, 0.29) is 0 Å². The molecule has 3 nitrogen and oxygen atoms in total. The van der Waals surface area contributed by atoms with Crippen LogP contribution in [-0.4, -0.2) is 0 Å². The predicted molar refractivity (Wildman–Crippen MR) is 307 cm³/mol. The van der Waals surface area contributed by atoms with Crippen molar-refractivity contribution in [3.63, 3.8) is 0 Å². The molecule has 0 spiro atoms. The van der Waals surface area contributed by atoms with Gasteiger partial charge in [0.05, 0.1) is 0 Å². The summed E-state index contributed by atoms with van der Waals surface area (Å²) in [5, 5.41) is 5.07. The van der Waals surface area contributed by atoms with Crippen LogP contribution in [0, 0.1) is 0 Å². The van der Waals surface area contributed by atoms with Crippen molar-refractivity contribution in [3.05, 3.63) is 273 Å². The van der Waals surface area contributed by atoms with Crippen molar-refractivity contribution in [3.8, 4) is 22.3 Å². The monoisotopic (exact) mass is 943 g/mol. The number of anilines is 9. The quantitative estimate of drug-likeness (QED) is 0.128. The van der Waals surface area contributed by atoms with Gasteiger partial charge in [0, 0.05) is 91.5 Å². The highest BCUT2D eigenvalue weighted by molar-refractivity contribution is 7.26. The molecule has 0 saturated carbocycles. The first-order valence-electron chi connectivity index (χ1n) is 24.0. The average Bonchev–Trinajstić information content (AvgIpc) is 4.00. The van der Waals surface area contributed by atoms with E-state index in [0.717, 1.165) is 62.3 Å². The summed E-state index contributed by atoms with van der Waals surface area (Å²) in [6.07, 6.45) is 0. The summed E-state index contributed by atoms with van der Waals surface area (Å²) in [4.78, 5) is 7.14. The molecule has 0 N–H and O–H groups in total. The lowest BCUT2D eigenvalue weighted by Gasteiger charge is -2.30. The summed E-state index contributed by atoms with van der Waals surface area (Å²) in [5.41, 5.74) is 14.6. The molecule has 0 fully saturated rings. The van der Waals surface area contributed by atoms with Crippen LogP contribution in [0.3, 0.4) is 0 Å². The first kappa shape index (κ1) is 42.4. The molecule has 0 aliphatic carbocycles. The van der Waals surface area contributed by atoms with Gasteiger partial charge >= 0.3 is 0 Å². The number of thiophene rings is 2. The number of benzene rings is 11. The van der Waals surface area contributed by atoms with E-state index in [2.05, 4.69) is 288 Å². The van der Waals surface area contributed by atoms with Crippen LogP contribution < -0.4 is 14.7 Å². The molecule has 0 bridgehead atoms. The number of rotatable bonds is 11. The molecule has 0 amide bonds. The predicted octanol–water partition coefficient (Wildman–Crippen LogP) is 20.2. The summed E-state index contributed by atoms with van der Waals surface area (Å²) in [6, 6.07) is 99.1. The maximum absolute atomic E-state index is 2.42. The van der Waals surface area contributed by atoms with Crippen molar-refractivity contribution in [1.29, 1.82) is 0 Å². The molecule has 0 unspecified atom stereocenters. The molecule has 11 aromatic carbocycles. The third-order valence-electron chi connectivity index (χ3n) is 13.4. The third kappa shape index (κ3) is 8.07. The number of fused-ring (bicyclic) bond motifs is 6. The Hall–Kier alpha value is -8.74. The Bertz CT molecular complexity index is 3800. The molecule has 0 aliphatic heterocycles. The first-order chi connectivity index (χ1) is 35.2. The fourth-order valence-corrected chi connectivity index (χ4v) is 12.2. The molecule has 0 radical (unpaired) electrons. The van der Waals surface area contributed by atoms with Gasteiger partial charge in [-0.2, -0.15) is 0 Å². The standard InChI is InChI=1S/C66H45N3S2/c1-6-18-46(19-7-1)47-30-33-54(34-31-47)69(55-36-39-65-62(44-55)59-28-16-17-29-63(59)70-65)56-35-37-60-61-42-48(32-38-64(61)71-66(60)45-56)49-40-57(67(50-20-8-2-9-21-50)51-22-10-3-11-23-51)43-58(41-49)68(52-24-12-4-13-25-52)53-26-14-5-15-27-53/h1-45H. The highest BCUT2D eigenvalue weighted by atomic mass is 32.1.